The number of ether oxygens (including phenoxy) is 1. The summed E-state index contributed by atoms with van der Waals surface area (Å²) in [5.41, 5.74) is 1.80. The Morgan fingerprint density at radius 3 is 2.55 bits per heavy atom. The van der Waals surface area contributed by atoms with Gasteiger partial charge in [0.1, 0.15) is 11.5 Å². The summed E-state index contributed by atoms with van der Waals surface area (Å²) in [4.78, 5) is 8.53. The third kappa shape index (κ3) is 3.51. The molecule has 1 N–H and O–H groups in total. The van der Waals surface area contributed by atoms with Crippen LogP contribution in [-0.4, -0.2) is 23.6 Å². The SMILES string of the molecule is CCNC(Cc1ccc(F)cc1)c1nccnc1OC. The van der Waals surface area contributed by atoms with Crippen molar-refractivity contribution in [1.82, 2.24) is 15.3 Å². The summed E-state index contributed by atoms with van der Waals surface area (Å²) in [5.74, 6) is 0.284. The van der Waals surface area contributed by atoms with E-state index in [2.05, 4.69) is 15.3 Å². The highest BCUT2D eigenvalue weighted by Gasteiger charge is 2.18. The summed E-state index contributed by atoms with van der Waals surface area (Å²) < 4.78 is 18.2. The summed E-state index contributed by atoms with van der Waals surface area (Å²) in [6.07, 6.45) is 3.94. The van der Waals surface area contributed by atoms with Gasteiger partial charge in [-0.05, 0) is 30.7 Å². The van der Waals surface area contributed by atoms with E-state index in [0.29, 0.717) is 12.3 Å². The van der Waals surface area contributed by atoms with E-state index in [1.54, 1.807) is 31.6 Å². The number of halogens is 1. The molecule has 1 atom stereocenters. The maximum atomic E-state index is 13.0. The maximum Gasteiger partial charge on any atom is 0.237 e. The minimum absolute atomic E-state index is 0.0193. The minimum Gasteiger partial charge on any atom is -0.480 e. The Morgan fingerprint density at radius 2 is 1.90 bits per heavy atom. The lowest BCUT2D eigenvalue weighted by Gasteiger charge is -2.18. The van der Waals surface area contributed by atoms with Crippen molar-refractivity contribution in [3.8, 4) is 5.88 Å². The molecule has 1 unspecified atom stereocenters. The molecule has 2 aromatic rings. The average molecular weight is 275 g/mol. The second kappa shape index (κ2) is 6.96. The fourth-order valence-corrected chi connectivity index (χ4v) is 2.10. The maximum absolute atomic E-state index is 13.0. The van der Waals surface area contributed by atoms with Crippen LogP contribution in [0.25, 0.3) is 0 Å². The van der Waals surface area contributed by atoms with E-state index in [9.17, 15) is 4.39 Å². The highest BCUT2D eigenvalue weighted by Crippen LogP contribution is 2.23. The van der Waals surface area contributed by atoms with E-state index in [1.165, 1.54) is 12.1 Å². The number of hydrogen-bond donors (Lipinski definition) is 1. The van der Waals surface area contributed by atoms with Crippen molar-refractivity contribution in [3.05, 3.63) is 53.7 Å². The Balaban J connectivity index is 2.24. The summed E-state index contributed by atoms with van der Waals surface area (Å²) >= 11 is 0. The molecule has 0 aliphatic carbocycles. The summed E-state index contributed by atoms with van der Waals surface area (Å²) in [6.45, 7) is 2.83. The largest absolute Gasteiger partial charge is 0.480 e. The van der Waals surface area contributed by atoms with Gasteiger partial charge in [-0.3, -0.25) is 4.98 Å². The lowest BCUT2D eigenvalue weighted by Crippen LogP contribution is -2.24. The van der Waals surface area contributed by atoms with Crippen LogP contribution in [0.2, 0.25) is 0 Å². The smallest absolute Gasteiger partial charge is 0.237 e. The molecule has 0 aliphatic heterocycles. The Labute approximate surface area is 118 Å². The molecule has 1 heterocycles. The number of likely N-dealkylation sites (N-methyl/N-ethyl adjacent to an activating group) is 1. The molecule has 0 bridgehead atoms. The van der Waals surface area contributed by atoms with Gasteiger partial charge in [0, 0.05) is 12.4 Å². The Bertz CT molecular complexity index is 545. The Kier molecular flexibility index (Phi) is 5.01. The number of rotatable bonds is 6. The summed E-state index contributed by atoms with van der Waals surface area (Å²) in [6, 6.07) is 6.47. The van der Waals surface area contributed by atoms with Crippen LogP contribution in [0.15, 0.2) is 36.7 Å². The van der Waals surface area contributed by atoms with Crippen LogP contribution in [-0.2, 0) is 6.42 Å². The van der Waals surface area contributed by atoms with Crippen LogP contribution >= 0.6 is 0 Å². The van der Waals surface area contributed by atoms with Gasteiger partial charge in [-0.2, -0.15) is 0 Å². The Hall–Kier alpha value is -2.01. The molecule has 106 valence electrons. The van der Waals surface area contributed by atoms with Crippen molar-refractivity contribution in [2.45, 2.75) is 19.4 Å². The molecule has 0 fully saturated rings. The first kappa shape index (κ1) is 14.4. The molecule has 0 amide bonds. The number of benzene rings is 1. The van der Waals surface area contributed by atoms with Crippen LogP contribution in [0, 0.1) is 5.82 Å². The molecule has 1 aromatic heterocycles. The fourth-order valence-electron chi connectivity index (χ4n) is 2.10. The molecule has 5 heteroatoms. The van der Waals surface area contributed by atoms with Crippen molar-refractivity contribution >= 4 is 0 Å². The summed E-state index contributed by atoms with van der Waals surface area (Å²) in [7, 11) is 1.58. The predicted octanol–water partition coefficient (Wildman–Crippen LogP) is 2.52. The lowest BCUT2D eigenvalue weighted by atomic mass is 10.0. The second-order valence-electron chi connectivity index (χ2n) is 4.39. The molecule has 0 radical (unpaired) electrons. The third-order valence-electron chi connectivity index (χ3n) is 3.02. The van der Waals surface area contributed by atoms with Gasteiger partial charge < -0.3 is 10.1 Å². The third-order valence-corrected chi connectivity index (χ3v) is 3.02. The van der Waals surface area contributed by atoms with Crippen molar-refractivity contribution < 1.29 is 9.13 Å². The minimum atomic E-state index is -0.231. The quantitative estimate of drug-likeness (QED) is 0.880. The van der Waals surface area contributed by atoms with Gasteiger partial charge in [0.05, 0.1) is 13.2 Å². The van der Waals surface area contributed by atoms with Crippen LogP contribution in [0.5, 0.6) is 5.88 Å². The number of methoxy groups -OCH3 is 1. The first-order valence-corrected chi connectivity index (χ1v) is 6.57. The molecule has 0 saturated heterocycles. The molecular weight excluding hydrogens is 257 g/mol. The van der Waals surface area contributed by atoms with Gasteiger partial charge >= 0.3 is 0 Å². The molecule has 0 spiro atoms. The first-order valence-electron chi connectivity index (χ1n) is 6.57. The van der Waals surface area contributed by atoms with E-state index in [1.807, 2.05) is 6.92 Å². The number of nitrogens with one attached hydrogen (secondary N) is 1. The lowest BCUT2D eigenvalue weighted by molar-refractivity contribution is 0.377. The highest BCUT2D eigenvalue weighted by atomic mass is 19.1. The van der Waals surface area contributed by atoms with Gasteiger partial charge in [0.15, 0.2) is 0 Å². The monoisotopic (exact) mass is 275 g/mol. The first-order chi connectivity index (χ1) is 9.74. The second-order valence-corrected chi connectivity index (χ2v) is 4.39. The van der Waals surface area contributed by atoms with Crippen LogP contribution in [0.4, 0.5) is 4.39 Å². The van der Waals surface area contributed by atoms with Gasteiger partial charge in [-0.25, -0.2) is 9.37 Å². The van der Waals surface area contributed by atoms with Crippen molar-refractivity contribution in [2.75, 3.05) is 13.7 Å². The highest BCUT2D eigenvalue weighted by molar-refractivity contribution is 5.25. The van der Waals surface area contributed by atoms with Crippen LogP contribution < -0.4 is 10.1 Å². The summed E-state index contributed by atoms with van der Waals surface area (Å²) in [5, 5.41) is 3.36. The number of nitrogens with zero attached hydrogens (tertiary/aromatic N) is 2. The van der Waals surface area contributed by atoms with E-state index in [-0.39, 0.29) is 11.9 Å². The molecular formula is C15H18FN3O. The standard InChI is InChI=1S/C15H18FN3O/c1-3-17-13(10-11-4-6-12(16)7-5-11)14-15(20-2)19-9-8-18-14/h4-9,13,17H,3,10H2,1-2H3. The average Bonchev–Trinajstić information content (AvgIpc) is 2.49. The van der Waals surface area contributed by atoms with E-state index in [0.717, 1.165) is 17.8 Å². The molecule has 20 heavy (non-hydrogen) atoms. The van der Waals surface area contributed by atoms with Gasteiger partial charge in [-0.15, -0.1) is 0 Å². The topological polar surface area (TPSA) is 47.0 Å². The zero-order chi connectivity index (χ0) is 14.4. The van der Waals surface area contributed by atoms with Gasteiger partial charge in [0.2, 0.25) is 5.88 Å². The molecule has 2 rings (SSSR count). The van der Waals surface area contributed by atoms with Gasteiger partial charge in [0.25, 0.3) is 0 Å². The molecule has 0 saturated carbocycles. The normalized spacial score (nSPS) is 12.2. The molecule has 0 aliphatic rings. The van der Waals surface area contributed by atoms with Crippen molar-refractivity contribution in [2.24, 2.45) is 0 Å². The van der Waals surface area contributed by atoms with Crippen LogP contribution in [0.3, 0.4) is 0 Å². The van der Waals surface area contributed by atoms with E-state index < -0.39 is 0 Å². The van der Waals surface area contributed by atoms with Crippen LogP contribution in [0.1, 0.15) is 24.2 Å². The Morgan fingerprint density at radius 1 is 1.20 bits per heavy atom. The van der Waals surface area contributed by atoms with Gasteiger partial charge in [-0.1, -0.05) is 19.1 Å². The van der Waals surface area contributed by atoms with E-state index in [4.69, 9.17) is 4.74 Å². The zero-order valence-corrected chi connectivity index (χ0v) is 11.6. The zero-order valence-electron chi connectivity index (χ0n) is 11.6. The number of aromatic nitrogens is 2. The predicted molar refractivity (Wildman–Crippen MR) is 75.1 cm³/mol. The number of hydrogen-bond acceptors (Lipinski definition) is 4. The van der Waals surface area contributed by atoms with Crippen molar-refractivity contribution in [1.29, 1.82) is 0 Å². The fraction of sp³-hybridized carbons (Fsp3) is 0.333. The molecule has 4 nitrogen and oxygen atoms in total. The van der Waals surface area contributed by atoms with E-state index >= 15 is 0 Å². The van der Waals surface area contributed by atoms with Crippen molar-refractivity contribution in [3.63, 3.8) is 0 Å². The molecule has 1 aromatic carbocycles.